The molecule has 1 aromatic heterocycles. The van der Waals surface area contributed by atoms with Crippen LogP contribution in [0.3, 0.4) is 0 Å². The quantitative estimate of drug-likeness (QED) is 0.898. The largest absolute Gasteiger partial charge is 0.480 e. The first-order valence-corrected chi connectivity index (χ1v) is 8.04. The molecule has 0 unspecified atom stereocenters. The third-order valence-electron chi connectivity index (χ3n) is 3.81. The molecule has 0 bridgehead atoms. The lowest BCUT2D eigenvalue weighted by Gasteiger charge is -2.37. The average Bonchev–Trinajstić information content (AvgIpc) is 2.92. The number of carbonyl (C=O) groups is 2. The van der Waals surface area contributed by atoms with Gasteiger partial charge in [0, 0.05) is 10.9 Å². The van der Waals surface area contributed by atoms with E-state index in [9.17, 15) is 14.7 Å². The molecule has 2 aromatic rings. The van der Waals surface area contributed by atoms with Crippen molar-refractivity contribution < 1.29 is 14.7 Å². The average molecular weight is 337 g/mol. The van der Waals surface area contributed by atoms with Crippen LogP contribution in [0.5, 0.6) is 0 Å². The first-order chi connectivity index (χ1) is 10.5. The smallest absolute Gasteiger partial charge is 0.329 e. The Bertz CT molecular complexity index is 740. The van der Waals surface area contributed by atoms with Gasteiger partial charge in [-0.2, -0.15) is 0 Å². The van der Waals surface area contributed by atoms with Crippen LogP contribution in [-0.4, -0.2) is 27.5 Å². The Kier molecular flexibility index (Phi) is 3.88. The molecule has 1 heterocycles. The first kappa shape index (κ1) is 15.0. The van der Waals surface area contributed by atoms with Crippen LogP contribution in [0.2, 0.25) is 5.02 Å². The number of amides is 1. The lowest BCUT2D eigenvalue weighted by atomic mass is 9.76. The molecule has 1 saturated carbocycles. The van der Waals surface area contributed by atoms with E-state index in [-0.39, 0.29) is 5.69 Å². The Hall–Kier alpha value is -1.92. The fraction of sp³-hybridized carbons (Fsp3) is 0.267. The van der Waals surface area contributed by atoms with E-state index in [0.29, 0.717) is 22.9 Å². The van der Waals surface area contributed by atoms with Gasteiger partial charge in [0.05, 0.1) is 5.02 Å². The lowest BCUT2D eigenvalue weighted by Crippen LogP contribution is -2.59. The van der Waals surface area contributed by atoms with E-state index in [4.69, 9.17) is 11.6 Å². The Balaban J connectivity index is 1.81. The lowest BCUT2D eigenvalue weighted by molar-refractivity contribution is -0.148. The van der Waals surface area contributed by atoms with Crippen LogP contribution in [0, 0.1) is 0 Å². The van der Waals surface area contributed by atoms with Gasteiger partial charge in [-0.05, 0) is 25.3 Å². The van der Waals surface area contributed by atoms with Crippen molar-refractivity contribution in [1.82, 2.24) is 10.3 Å². The predicted molar refractivity (Wildman–Crippen MR) is 84.2 cm³/mol. The molecule has 114 valence electrons. The van der Waals surface area contributed by atoms with Gasteiger partial charge in [-0.1, -0.05) is 29.8 Å². The summed E-state index contributed by atoms with van der Waals surface area (Å²) in [6.45, 7) is 0. The molecule has 2 N–H and O–H groups in total. The van der Waals surface area contributed by atoms with Gasteiger partial charge in [-0.3, -0.25) is 4.79 Å². The van der Waals surface area contributed by atoms with Crippen molar-refractivity contribution >= 4 is 34.8 Å². The van der Waals surface area contributed by atoms with Crippen molar-refractivity contribution in [3.63, 3.8) is 0 Å². The maximum Gasteiger partial charge on any atom is 0.329 e. The van der Waals surface area contributed by atoms with E-state index >= 15 is 0 Å². The number of nitrogens with one attached hydrogen (secondary N) is 1. The molecule has 0 atom stereocenters. The summed E-state index contributed by atoms with van der Waals surface area (Å²) in [4.78, 5) is 27.8. The molecular formula is C15H13ClN2O3S. The summed E-state index contributed by atoms with van der Waals surface area (Å²) in [6.07, 6.45) is 1.71. The van der Waals surface area contributed by atoms with E-state index in [2.05, 4.69) is 10.3 Å². The summed E-state index contributed by atoms with van der Waals surface area (Å²) in [5, 5.41) is 14.7. The number of benzene rings is 1. The summed E-state index contributed by atoms with van der Waals surface area (Å²) in [6, 6.07) is 7.25. The van der Waals surface area contributed by atoms with Crippen LogP contribution in [-0.2, 0) is 4.79 Å². The van der Waals surface area contributed by atoms with E-state index in [1.807, 2.05) is 18.2 Å². The molecule has 3 rings (SSSR count). The molecule has 1 fully saturated rings. The van der Waals surface area contributed by atoms with Crippen molar-refractivity contribution in [3.8, 4) is 10.6 Å². The van der Waals surface area contributed by atoms with Gasteiger partial charge >= 0.3 is 5.97 Å². The second-order valence-corrected chi connectivity index (χ2v) is 6.48. The van der Waals surface area contributed by atoms with Crippen molar-refractivity contribution in [2.45, 2.75) is 24.8 Å². The minimum absolute atomic E-state index is 0.215. The van der Waals surface area contributed by atoms with E-state index in [0.717, 1.165) is 12.0 Å². The zero-order valence-electron chi connectivity index (χ0n) is 11.5. The van der Waals surface area contributed by atoms with Gasteiger partial charge in [-0.15, -0.1) is 11.3 Å². The van der Waals surface area contributed by atoms with Gasteiger partial charge in [0.1, 0.15) is 16.2 Å². The molecule has 1 amide bonds. The van der Waals surface area contributed by atoms with Crippen LogP contribution in [0.25, 0.3) is 10.6 Å². The third kappa shape index (κ3) is 2.60. The molecule has 7 heteroatoms. The Morgan fingerprint density at radius 2 is 2.05 bits per heavy atom. The number of aliphatic carboxylic acids is 1. The molecule has 22 heavy (non-hydrogen) atoms. The Labute approximate surface area is 136 Å². The van der Waals surface area contributed by atoms with Gasteiger partial charge in [0.2, 0.25) is 0 Å². The van der Waals surface area contributed by atoms with E-state index in [1.54, 1.807) is 11.4 Å². The van der Waals surface area contributed by atoms with Crippen molar-refractivity contribution in [3.05, 3.63) is 40.4 Å². The van der Waals surface area contributed by atoms with Crippen molar-refractivity contribution in [2.24, 2.45) is 0 Å². The highest BCUT2D eigenvalue weighted by molar-refractivity contribution is 7.13. The van der Waals surface area contributed by atoms with Crippen LogP contribution < -0.4 is 5.32 Å². The van der Waals surface area contributed by atoms with Crippen LogP contribution in [0.1, 0.15) is 29.8 Å². The fourth-order valence-corrected chi connectivity index (χ4v) is 3.46. The number of carbonyl (C=O) groups excluding carboxylic acids is 1. The number of hydrogen-bond donors (Lipinski definition) is 2. The number of aromatic nitrogens is 1. The summed E-state index contributed by atoms with van der Waals surface area (Å²) < 4.78 is 0. The molecule has 1 aromatic carbocycles. The summed E-state index contributed by atoms with van der Waals surface area (Å²) >= 11 is 7.42. The van der Waals surface area contributed by atoms with E-state index in [1.165, 1.54) is 11.3 Å². The zero-order chi connectivity index (χ0) is 15.7. The van der Waals surface area contributed by atoms with Crippen LogP contribution >= 0.6 is 22.9 Å². The minimum atomic E-state index is -1.13. The van der Waals surface area contributed by atoms with Crippen molar-refractivity contribution in [1.29, 1.82) is 0 Å². The topological polar surface area (TPSA) is 79.3 Å². The predicted octanol–water partition coefficient (Wildman–Crippen LogP) is 3.20. The summed E-state index contributed by atoms with van der Waals surface area (Å²) in [5.74, 6) is -1.45. The second-order valence-electron chi connectivity index (χ2n) is 5.21. The first-order valence-electron chi connectivity index (χ1n) is 6.78. The summed E-state index contributed by atoms with van der Waals surface area (Å²) in [7, 11) is 0. The zero-order valence-corrected chi connectivity index (χ0v) is 13.1. The number of nitrogens with zero attached hydrogens (tertiary/aromatic N) is 1. The van der Waals surface area contributed by atoms with Gasteiger partial charge in [0.25, 0.3) is 5.91 Å². The molecule has 0 saturated heterocycles. The van der Waals surface area contributed by atoms with Crippen LogP contribution in [0.4, 0.5) is 0 Å². The second kappa shape index (κ2) is 5.70. The highest BCUT2D eigenvalue weighted by Gasteiger charge is 2.46. The monoisotopic (exact) mass is 336 g/mol. The number of halogens is 1. The number of carboxylic acid groups (broad SMARTS) is 1. The molecule has 0 aliphatic heterocycles. The Morgan fingerprint density at radius 1 is 1.32 bits per heavy atom. The van der Waals surface area contributed by atoms with Gasteiger partial charge < -0.3 is 10.4 Å². The fourth-order valence-electron chi connectivity index (χ4n) is 2.34. The highest BCUT2D eigenvalue weighted by atomic mass is 35.5. The molecule has 0 radical (unpaired) electrons. The number of hydrogen-bond acceptors (Lipinski definition) is 4. The van der Waals surface area contributed by atoms with Gasteiger partial charge in [-0.25, -0.2) is 9.78 Å². The molecular weight excluding hydrogens is 324 g/mol. The number of thiazole rings is 1. The maximum absolute atomic E-state index is 12.2. The van der Waals surface area contributed by atoms with Gasteiger partial charge in [0.15, 0.2) is 0 Å². The number of carboxylic acids is 1. The normalized spacial score (nSPS) is 15.9. The third-order valence-corrected chi connectivity index (χ3v) is 5.02. The molecule has 5 nitrogen and oxygen atoms in total. The molecule has 1 aliphatic rings. The number of rotatable bonds is 4. The maximum atomic E-state index is 12.2. The van der Waals surface area contributed by atoms with Crippen molar-refractivity contribution in [2.75, 3.05) is 0 Å². The van der Waals surface area contributed by atoms with E-state index < -0.39 is 17.4 Å². The minimum Gasteiger partial charge on any atom is -0.480 e. The molecule has 0 spiro atoms. The highest BCUT2D eigenvalue weighted by Crippen LogP contribution is 2.33. The van der Waals surface area contributed by atoms with Crippen LogP contribution in [0.15, 0.2) is 29.6 Å². The summed E-state index contributed by atoms with van der Waals surface area (Å²) in [5.41, 5.74) is -0.164. The standard InChI is InChI=1S/C15H13ClN2O3S/c16-10-5-2-1-4-9(10)13-17-11(8-22-13)12(19)18-15(14(20)21)6-3-7-15/h1-2,4-5,8H,3,6-7H2,(H,18,19)(H,20,21). The SMILES string of the molecule is O=C(NC1(C(=O)O)CCC1)c1csc(-c2ccccc2Cl)n1. The Morgan fingerprint density at radius 3 is 2.64 bits per heavy atom. The molecule has 1 aliphatic carbocycles.